The van der Waals surface area contributed by atoms with Crippen LogP contribution in [0, 0.1) is 12.3 Å². The Bertz CT molecular complexity index is 392. The van der Waals surface area contributed by atoms with E-state index in [0.29, 0.717) is 16.9 Å². The standard InChI is InChI=1S/C17H27N/c1-13(2)18-12-17(10-16(4,5)11-17)15-8-6-14(3)7-9-15/h6-9,13,18H,10-12H2,1-5H3. The Morgan fingerprint density at radius 2 is 1.67 bits per heavy atom. The van der Waals surface area contributed by atoms with Crippen LogP contribution in [0.3, 0.4) is 0 Å². The van der Waals surface area contributed by atoms with Gasteiger partial charge >= 0.3 is 0 Å². The van der Waals surface area contributed by atoms with E-state index in [9.17, 15) is 0 Å². The van der Waals surface area contributed by atoms with Crippen LogP contribution in [-0.4, -0.2) is 12.6 Å². The minimum Gasteiger partial charge on any atom is -0.314 e. The van der Waals surface area contributed by atoms with Crippen molar-refractivity contribution in [1.82, 2.24) is 5.32 Å². The molecule has 0 bridgehead atoms. The Kier molecular flexibility index (Phi) is 3.55. The van der Waals surface area contributed by atoms with Crippen molar-refractivity contribution in [2.75, 3.05) is 6.54 Å². The topological polar surface area (TPSA) is 12.0 Å². The molecule has 1 aliphatic rings. The molecule has 1 aromatic rings. The van der Waals surface area contributed by atoms with Crippen LogP contribution in [0.5, 0.6) is 0 Å². The molecule has 0 heterocycles. The zero-order valence-corrected chi connectivity index (χ0v) is 12.5. The number of nitrogens with one attached hydrogen (secondary N) is 1. The highest BCUT2D eigenvalue weighted by atomic mass is 14.9. The third-order valence-corrected chi connectivity index (χ3v) is 4.15. The average molecular weight is 245 g/mol. The third kappa shape index (κ3) is 2.77. The fourth-order valence-corrected chi connectivity index (χ4v) is 3.52. The van der Waals surface area contributed by atoms with Gasteiger partial charge in [0.15, 0.2) is 0 Å². The lowest BCUT2D eigenvalue weighted by atomic mass is 9.52. The first-order chi connectivity index (χ1) is 8.33. The Balaban J connectivity index is 2.18. The molecule has 1 N–H and O–H groups in total. The smallest absolute Gasteiger partial charge is 0.00880 e. The van der Waals surface area contributed by atoms with Gasteiger partial charge in [-0.2, -0.15) is 0 Å². The number of hydrogen-bond donors (Lipinski definition) is 1. The molecule has 1 saturated carbocycles. The summed E-state index contributed by atoms with van der Waals surface area (Å²) in [6.45, 7) is 12.5. The Labute approximate surface area is 112 Å². The van der Waals surface area contributed by atoms with Crippen LogP contribution in [0.1, 0.15) is 51.7 Å². The van der Waals surface area contributed by atoms with E-state index in [1.54, 1.807) is 0 Å². The molecule has 0 saturated heterocycles. The molecule has 0 spiro atoms. The van der Waals surface area contributed by atoms with Crippen molar-refractivity contribution in [2.45, 2.75) is 58.9 Å². The first kappa shape index (κ1) is 13.6. The molecule has 0 amide bonds. The predicted molar refractivity (Wildman–Crippen MR) is 79.0 cm³/mol. The molecule has 0 atom stereocenters. The number of benzene rings is 1. The van der Waals surface area contributed by atoms with E-state index in [1.807, 2.05) is 0 Å². The lowest BCUT2D eigenvalue weighted by molar-refractivity contribution is 0.0548. The minimum atomic E-state index is 0.363. The SMILES string of the molecule is Cc1ccc(C2(CNC(C)C)CC(C)(C)C2)cc1. The molecule has 1 aromatic carbocycles. The summed E-state index contributed by atoms with van der Waals surface area (Å²) in [6, 6.07) is 9.71. The fraction of sp³-hybridized carbons (Fsp3) is 0.647. The molecule has 1 nitrogen and oxygen atoms in total. The van der Waals surface area contributed by atoms with Gasteiger partial charge in [-0.15, -0.1) is 0 Å². The van der Waals surface area contributed by atoms with E-state index in [2.05, 4.69) is 64.2 Å². The molecule has 1 heteroatoms. The second-order valence-electron chi connectivity index (χ2n) is 7.20. The lowest BCUT2D eigenvalue weighted by Crippen LogP contribution is -2.53. The van der Waals surface area contributed by atoms with E-state index in [-0.39, 0.29) is 0 Å². The summed E-state index contributed by atoms with van der Waals surface area (Å²) in [7, 11) is 0. The molecule has 18 heavy (non-hydrogen) atoms. The summed E-state index contributed by atoms with van der Waals surface area (Å²) < 4.78 is 0. The van der Waals surface area contributed by atoms with Crippen molar-refractivity contribution in [2.24, 2.45) is 5.41 Å². The van der Waals surface area contributed by atoms with Gasteiger partial charge < -0.3 is 5.32 Å². The summed E-state index contributed by atoms with van der Waals surface area (Å²) >= 11 is 0. The molecular weight excluding hydrogens is 218 g/mol. The molecule has 0 radical (unpaired) electrons. The summed E-state index contributed by atoms with van der Waals surface area (Å²) in [5, 5.41) is 3.64. The zero-order chi connectivity index (χ0) is 13.4. The number of rotatable bonds is 4. The van der Waals surface area contributed by atoms with Crippen LogP contribution >= 0.6 is 0 Å². The predicted octanol–water partition coefficient (Wildman–Crippen LogP) is 4.05. The van der Waals surface area contributed by atoms with Crippen molar-refractivity contribution in [3.05, 3.63) is 35.4 Å². The van der Waals surface area contributed by atoms with Gasteiger partial charge in [-0.25, -0.2) is 0 Å². The maximum atomic E-state index is 3.64. The molecule has 0 aliphatic heterocycles. The van der Waals surface area contributed by atoms with Crippen LogP contribution in [0.15, 0.2) is 24.3 Å². The summed E-state index contributed by atoms with van der Waals surface area (Å²) in [5.41, 5.74) is 3.73. The summed E-state index contributed by atoms with van der Waals surface area (Å²) in [5.74, 6) is 0. The quantitative estimate of drug-likeness (QED) is 0.844. The molecular formula is C17H27N. The van der Waals surface area contributed by atoms with Crippen molar-refractivity contribution >= 4 is 0 Å². The van der Waals surface area contributed by atoms with Crippen LogP contribution in [0.2, 0.25) is 0 Å². The minimum absolute atomic E-state index is 0.363. The van der Waals surface area contributed by atoms with Crippen molar-refractivity contribution in [3.63, 3.8) is 0 Å². The van der Waals surface area contributed by atoms with E-state index in [0.717, 1.165) is 6.54 Å². The first-order valence-electron chi connectivity index (χ1n) is 7.14. The number of hydrogen-bond acceptors (Lipinski definition) is 1. The van der Waals surface area contributed by atoms with Crippen LogP contribution < -0.4 is 5.32 Å². The van der Waals surface area contributed by atoms with Gasteiger partial charge in [0, 0.05) is 18.0 Å². The van der Waals surface area contributed by atoms with Crippen LogP contribution in [-0.2, 0) is 5.41 Å². The fourth-order valence-electron chi connectivity index (χ4n) is 3.52. The maximum absolute atomic E-state index is 3.64. The lowest BCUT2D eigenvalue weighted by Gasteiger charge is -2.54. The van der Waals surface area contributed by atoms with Crippen molar-refractivity contribution in [1.29, 1.82) is 0 Å². The normalized spacial score (nSPS) is 20.8. The molecule has 1 fully saturated rings. The van der Waals surface area contributed by atoms with Gasteiger partial charge in [-0.1, -0.05) is 57.5 Å². The van der Waals surface area contributed by atoms with Crippen LogP contribution in [0.4, 0.5) is 0 Å². The van der Waals surface area contributed by atoms with E-state index in [4.69, 9.17) is 0 Å². The second kappa shape index (κ2) is 4.70. The van der Waals surface area contributed by atoms with Gasteiger partial charge in [0.25, 0.3) is 0 Å². The molecule has 2 rings (SSSR count). The summed E-state index contributed by atoms with van der Waals surface area (Å²) in [4.78, 5) is 0. The van der Waals surface area contributed by atoms with Gasteiger partial charge in [0.2, 0.25) is 0 Å². The third-order valence-electron chi connectivity index (χ3n) is 4.15. The molecule has 0 unspecified atom stereocenters. The Hall–Kier alpha value is -0.820. The highest BCUT2D eigenvalue weighted by molar-refractivity contribution is 5.33. The first-order valence-corrected chi connectivity index (χ1v) is 7.14. The molecule has 0 aromatic heterocycles. The second-order valence-corrected chi connectivity index (χ2v) is 7.20. The molecule has 1 aliphatic carbocycles. The van der Waals surface area contributed by atoms with Gasteiger partial charge in [-0.3, -0.25) is 0 Å². The molecule has 100 valence electrons. The van der Waals surface area contributed by atoms with E-state index in [1.165, 1.54) is 24.0 Å². The van der Waals surface area contributed by atoms with Crippen molar-refractivity contribution in [3.8, 4) is 0 Å². The highest BCUT2D eigenvalue weighted by Gasteiger charge is 2.49. The highest BCUT2D eigenvalue weighted by Crippen LogP contribution is 2.55. The van der Waals surface area contributed by atoms with Crippen LogP contribution in [0.25, 0.3) is 0 Å². The van der Waals surface area contributed by atoms with Gasteiger partial charge in [-0.05, 0) is 30.7 Å². The van der Waals surface area contributed by atoms with E-state index < -0.39 is 0 Å². The van der Waals surface area contributed by atoms with E-state index >= 15 is 0 Å². The largest absolute Gasteiger partial charge is 0.314 e. The Morgan fingerprint density at radius 1 is 1.11 bits per heavy atom. The average Bonchev–Trinajstić information content (AvgIpc) is 2.24. The van der Waals surface area contributed by atoms with Gasteiger partial charge in [0.1, 0.15) is 0 Å². The summed E-state index contributed by atoms with van der Waals surface area (Å²) in [6.07, 6.45) is 2.59. The van der Waals surface area contributed by atoms with Crippen molar-refractivity contribution < 1.29 is 0 Å². The van der Waals surface area contributed by atoms with Gasteiger partial charge in [0.05, 0.1) is 0 Å². The zero-order valence-electron chi connectivity index (χ0n) is 12.5. The monoisotopic (exact) mass is 245 g/mol. The Morgan fingerprint density at radius 3 is 2.11 bits per heavy atom. The number of aryl methyl sites for hydroxylation is 1. The maximum Gasteiger partial charge on any atom is 0.00880 e.